The van der Waals surface area contributed by atoms with Crippen LogP contribution in [0, 0.1) is 23.4 Å². The van der Waals surface area contributed by atoms with Crippen LogP contribution in [0.2, 0.25) is 0 Å². The lowest BCUT2D eigenvalue weighted by atomic mass is 9.85. The second kappa shape index (κ2) is 6.22. The molecule has 1 saturated carbocycles. The Hall–Kier alpha value is -1.32. The standard InChI is InChI=1S/C15H17F3O/c16-12-9-8-11(13(17)14(12)18)15(19)10-6-4-2-1-3-5-7-10/h8-10H,1-7H2. The highest BCUT2D eigenvalue weighted by atomic mass is 19.2. The van der Waals surface area contributed by atoms with Gasteiger partial charge in [0, 0.05) is 5.92 Å². The Morgan fingerprint density at radius 3 is 2.11 bits per heavy atom. The maximum atomic E-state index is 13.6. The van der Waals surface area contributed by atoms with E-state index >= 15 is 0 Å². The van der Waals surface area contributed by atoms with Crippen molar-refractivity contribution >= 4 is 5.78 Å². The van der Waals surface area contributed by atoms with Gasteiger partial charge in [0.2, 0.25) is 0 Å². The van der Waals surface area contributed by atoms with Gasteiger partial charge in [-0.1, -0.05) is 32.1 Å². The van der Waals surface area contributed by atoms with Crippen LogP contribution in [0.3, 0.4) is 0 Å². The molecule has 104 valence electrons. The highest BCUT2D eigenvalue weighted by molar-refractivity contribution is 5.98. The summed E-state index contributed by atoms with van der Waals surface area (Å²) in [6, 6.07) is 1.86. The quantitative estimate of drug-likeness (QED) is 0.565. The van der Waals surface area contributed by atoms with Crippen molar-refractivity contribution < 1.29 is 18.0 Å². The molecule has 0 aromatic heterocycles. The monoisotopic (exact) mass is 270 g/mol. The van der Waals surface area contributed by atoms with Gasteiger partial charge in [-0.15, -0.1) is 0 Å². The van der Waals surface area contributed by atoms with Gasteiger partial charge in [0.1, 0.15) is 0 Å². The average molecular weight is 270 g/mol. The van der Waals surface area contributed by atoms with Crippen molar-refractivity contribution in [2.24, 2.45) is 5.92 Å². The lowest BCUT2D eigenvalue weighted by Crippen LogP contribution is -2.18. The van der Waals surface area contributed by atoms with Crippen molar-refractivity contribution in [1.82, 2.24) is 0 Å². The van der Waals surface area contributed by atoms with E-state index in [1.807, 2.05) is 0 Å². The minimum Gasteiger partial charge on any atom is -0.294 e. The summed E-state index contributed by atoms with van der Waals surface area (Å²) in [7, 11) is 0. The molecule has 1 nitrogen and oxygen atoms in total. The largest absolute Gasteiger partial charge is 0.294 e. The van der Waals surface area contributed by atoms with Crippen molar-refractivity contribution in [1.29, 1.82) is 0 Å². The third-order valence-electron chi connectivity index (χ3n) is 3.78. The van der Waals surface area contributed by atoms with Crippen molar-refractivity contribution in [2.45, 2.75) is 44.9 Å². The molecule has 19 heavy (non-hydrogen) atoms. The Morgan fingerprint density at radius 2 is 1.47 bits per heavy atom. The second-order valence-corrected chi connectivity index (χ2v) is 5.13. The van der Waals surface area contributed by atoms with Crippen LogP contribution in [0.15, 0.2) is 12.1 Å². The molecule has 0 N–H and O–H groups in total. The highest BCUT2D eigenvalue weighted by Crippen LogP contribution is 2.27. The van der Waals surface area contributed by atoms with Crippen LogP contribution in [0.5, 0.6) is 0 Å². The Kier molecular flexibility index (Phi) is 4.61. The van der Waals surface area contributed by atoms with E-state index in [1.165, 1.54) is 6.42 Å². The summed E-state index contributed by atoms with van der Waals surface area (Å²) < 4.78 is 39.6. The molecule has 0 atom stereocenters. The van der Waals surface area contributed by atoms with E-state index < -0.39 is 23.2 Å². The molecule has 1 aromatic carbocycles. The number of rotatable bonds is 2. The van der Waals surface area contributed by atoms with Crippen LogP contribution in [0.1, 0.15) is 55.3 Å². The van der Waals surface area contributed by atoms with Crippen molar-refractivity contribution in [2.75, 3.05) is 0 Å². The first-order valence-electron chi connectivity index (χ1n) is 6.79. The fourth-order valence-electron chi connectivity index (χ4n) is 2.65. The molecule has 0 radical (unpaired) electrons. The zero-order valence-electron chi connectivity index (χ0n) is 10.7. The highest BCUT2D eigenvalue weighted by Gasteiger charge is 2.25. The van der Waals surface area contributed by atoms with E-state index in [0.29, 0.717) is 12.8 Å². The van der Waals surface area contributed by atoms with Crippen molar-refractivity contribution in [3.05, 3.63) is 35.1 Å². The number of ketones is 1. The summed E-state index contributed by atoms with van der Waals surface area (Å²) >= 11 is 0. The zero-order valence-corrected chi connectivity index (χ0v) is 10.7. The van der Waals surface area contributed by atoms with Crippen molar-refractivity contribution in [3.8, 4) is 0 Å². The lowest BCUT2D eigenvalue weighted by Gasteiger charge is -2.18. The molecule has 0 heterocycles. The summed E-state index contributed by atoms with van der Waals surface area (Å²) in [6.45, 7) is 0. The van der Waals surface area contributed by atoms with Gasteiger partial charge in [-0.3, -0.25) is 4.79 Å². The maximum Gasteiger partial charge on any atom is 0.195 e. The number of carbonyl (C=O) groups excluding carboxylic acids is 1. The van der Waals surface area contributed by atoms with Crippen molar-refractivity contribution in [3.63, 3.8) is 0 Å². The van der Waals surface area contributed by atoms with E-state index in [4.69, 9.17) is 0 Å². The molecule has 0 spiro atoms. The predicted molar refractivity (Wildman–Crippen MR) is 66.5 cm³/mol. The Labute approximate surface area is 110 Å². The van der Waals surface area contributed by atoms with Crippen LogP contribution >= 0.6 is 0 Å². The fraction of sp³-hybridized carbons (Fsp3) is 0.533. The summed E-state index contributed by atoms with van der Waals surface area (Å²) in [5, 5.41) is 0. The Balaban J connectivity index is 2.20. The lowest BCUT2D eigenvalue weighted by molar-refractivity contribution is 0.0893. The molecular weight excluding hydrogens is 253 g/mol. The molecule has 1 aliphatic rings. The summed E-state index contributed by atoms with van der Waals surface area (Å²) in [4.78, 5) is 12.2. The summed E-state index contributed by atoms with van der Waals surface area (Å²) in [6.07, 6.45) is 6.59. The molecule has 2 rings (SSSR count). The minimum atomic E-state index is -1.56. The summed E-state index contributed by atoms with van der Waals surface area (Å²) in [5.74, 6) is -4.83. The molecule has 0 bridgehead atoms. The van der Waals surface area contributed by atoms with E-state index in [1.54, 1.807) is 0 Å². The molecule has 0 amide bonds. The van der Waals surface area contributed by atoms with Crippen LogP contribution < -0.4 is 0 Å². The van der Waals surface area contributed by atoms with Crippen LogP contribution in [-0.4, -0.2) is 5.78 Å². The number of benzene rings is 1. The smallest absolute Gasteiger partial charge is 0.195 e. The normalized spacial score (nSPS) is 17.8. The van der Waals surface area contributed by atoms with Gasteiger partial charge >= 0.3 is 0 Å². The summed E-state index contributed by atoms with van der Waals surface area (Å²) in [5.41, 5.74) is -0.315. The predicted octanol–water partition coefficient (Wildman–Crippen LogP) is 4.65. The first-order chi connectivity index (χ1) is 9.11. The zero-order chi connectivity index (χ0) is 13.8. The number of Topliss-reactive ketones (excluding diaryl/α,β-unsaturated/α-hetero) is 1. The van der Waals surface area contributed by atoms with Gasteiger partial charge in [-0.25, -0.2) is 13.2 Å². The maximum absolute atomic E-state index is 13.6. The van der Waals surface area contributed by atoms with E-state index in [9.17, 15) is 18.0 Å². The number of hydrogen-bond donors (Lipinski definition) is 0. The fourth-order valence-corrected chi connectivity index (χ4v) is 2.65. The van der Waals surface area contributed by atoms with Gasteiger partial charge in [0.15, 0.2) is 23.2 Å². The van der Waals surface area contributed by atoms with Crippen LogP contribution in [-0.2, 0) is 0 Å². The molecule has 1 aliphatic carbocycles. The van der Waals surface area contributed by atoms with Gasteiger partial charge in [-0.05, 0) is 25.0 Å². The average Bonchev–Trinajstić information content (AvgIpc) is 2.35. The Bertz CT molecular complexity index is 463. The number of hydrogen-bond acceptors (Lipinski definition) is 1. The van der Waals surface area contributed by atoms with E-state index in [0.717, 1.165) is 37.8 Å². The second-order valence-electron chi connectivity index (χ2n) is 5.13. The third kappa shape index (κ3) is 3.17. The Morgan fingerprint density at radius 1 is 0.895 bits per heavy atom. The first-order valence-corrected chi connectivity index (χ1v) is 6.79. The van der Waals surface area contributed by atoms with E-state index in [-0.39, 0.29) is 11.5 Å². The molecule has 0 aliphatic heterocycles. The molecule has 4 heteroatoms. The molecule has 1 aromatic rings. The third-order valence-corrected chi connectivity index (χ3v) is 3.78. The van der Waals surface area contributed by atoms with Gasteiger partial charge in [0.25, 0.3) is 0 Å². The topological polar surface area (TPSA) is 17.1 Å². The molecule has 0 unspecified atom stereocenters. The number of carbonyl (C=O) groups is 1. The first kappa shape index (κ1) is 14.1. The van der Waals surface area contributed by atoms with Crippen LogP contribution in [0.4, 0.5) is 13.2 Å². The van der Waals surface area contributed by atoms with Gasteiger partial charge < -0.3 is 0 Å². The van der Waals surface area contributed by atoms with Gasteiger partial charge in [0.05, 0.1) is 5.56 Å². The van der Waals surface area contributed by atoms with Crippen LogP contribution in [0.25, 0.3) is 0 Å². The minimum absolute atomic E-state index is 0.264. The van der Waals surface area contributed by atoms with Gasteiger partial charge in [-0.2, -0.15) is 0 Å². The molecular formula is C15H17F3O. The number of halogens is 3. The molecule has 0 saturated heterocycles. The SMILES string of the molecule is O=C(c1ccc(F)c(F)c1F)C1CCCCCCC1. The van der Waals surface area contributed by atoms with E-state index in [2.05, 4.69) is 0 Å². The molecule has 1 fully saturated rings.